The molecule has 0 saturated heterocycles. The molecule has 1 unspecified atom stereocenters. The van der Waals surface area contributed by atoms with Crippen LogP contribution >= 0.6 is 15.6 Å². The number of nitrogens with two attached hydrogens (primary N) is 1. The van der Waals surface area contributed by atoms with Crippen LogP contribution in [0.25, 0.3) is 0 Å². The fourth-order valence-electron chi connectivity index (χ4n) is 0.317. The van der Waals surface area contributed by atoms with Gasteiger partial charge >= 0.3 is 51.2 Å². The van der Waals surface area contributed by atoms with Crippen LogP contribution in [0, 0.1) is 0 Å². The molecule has 0 rings (SSSR count). The maximum atomic E-state index is 10.5. The van der Waals surface area contributed by atoms with Crippen LogP contribution in [0.4, 0.5) is 0 Å². The minimum atomic E-state index is -5.19. The molecule has 0 saturated carbocycles. The van der Waals surface area contributed by atoms with Crippen molar-refractivity contribution in [2.75, 3.05) is 6.54 Å². The summed E-state index contributed by atoms with van der Waals surface area (Å²) in [5, 5.41) is 0. The third-order valence-electron chi connectivity index (χ3n) is 0.593. The molecule has 14 heavy (non-hydrogen) atoms. The Kier molecular flexibility index (Phi) is 7.76. The molecule has 0 aliphatic carbocycles. The molecule has 5 N–H and O–H groups in total. The Morgan fingerprint density at radius 1 is 1.36 bits per heavy atom. The Labute approximate surface area is 102 Å². The van der Waals surface area contributed by atoms with Crippen molar-refractivity contribution in [3.05, 3.63) is 0 Å². The van der Waals surface area contributed by atoms with E-state index in [1.54, 1.807) is 0 Å². The number of hydrogen-bond acceptors (Lipinski definition) is 6. The van der Waals surface area contributed by atoms with Gasteiger partial charge in [0, 0.05) is 0 Å². The van der Waals surface area contributed by atoms with E-state index in [9.17, 15) is 13.9 Å². The minimum absolute atomic E-state index is 0. The third kappa shape index (κ3) is 9.29. The Hall–Kier alpha value is 0.730. The van der Waals surface area contributed by atoms with Gasteiger partial charge in [0.05, 0.1) is 6.54 Å². The van der Waals surface area contributed by atoms with Crippen molar-refractivity contribution < 1.29 is 68.4 Å². The average molecular weight is 259 g/mol. The van der Waals surface area contributed by atoms with Crippen molar-refractivity contribution in [3.63, 3.8) is 0 Å². The molecular weight excluding hydrogens is 251 g/mol. The molecular formula is C2H8NNaO8P2. The van der Waals surface area contributed by atoms with Crippen molar-refractivity contribution in [2.45, 2.75) is 0 Å². The normalized spacial score (nSPS) is 15.1. The van der Waals surface area contributed by atoms with E-state index in [-0.39, 0.29) is 31.0 Å². The Balaban J connectivity index is -0.000000720. The SMILES string of the molecule is NCC(=O)OP(=O)(O)OP(=O)(O)O.[H-].[Na+]. The molecule has 0 bridgehead atoms. The van der Waals surface area contributed by atoms with E-state index in [0.29, 0.717) is 0 Å². The molecule has 80 valence electrons. The first kappa shape index (κ1) is 17.1. The first-order chi connectivity index (χ1) is 5.66. The molecule has 0 amide bonds. The third-order valence-corrected chi connectivity index (χ3v) is 2.70. The summed E-state index contributed by atoms with van der Waals surface area (Å²) in [6.45, 7) is -0.713. The Bertz CT molecular complexity index is 290. The maximum Gasteiger partial charge on any atom is 1.00 e. The number of phosphoric ester groups is 1. The summed E-state index contributed by atoms with van der Waals surface area (Å²) < 4.78 is 27.4. The van der Waals surface area contributed by atoms with Gasteiger partial charge in [-0.15, -0.1) is 0 Å². The first-order valence-corrected chi connectivity index (χ1v) is 5.71. The summed E-state index contributed by atoms with van der Waals surface area (Å²) in [5.41, 5.74) is 4.69. The second kappa shape index (κ2) is 6.34. The molecule has 0 aliphatic rings. The Morgan fingerprint density at radius 3 is 2.07 bits per heavy atom. The average Bonchev–Trinajstić information content (AvgIpc) is 1.80. The van der Waals surface area contributed by atoms with E-state index < -0.39 is 28.2 Å². The van der Waals surface area contributed by atoms with E-state index in [0.717, 1.165) is 0 Å². The smallest absolute Gasteiger partial charge is 1.00 e. The minimum Gasteiger partial charge on any atom is -1.00 e. The van der Waals surface area contributed by atoms with Crippen molar-refractivity contribution in [2.24, 2.45) is 5.73 Å². The van der Waals surface area contributed by atoms with E-state index in [2.05, 4.69) is 14.6 Å². The number of phosphoric acid groups is 2. The maximum absolute atomic E-state index is 10.5. The molecule has 0 radical (unpaired) electrons. The van der Waals surface area contributed by atoms with Gasteiger partial charge in [-0.25, -0.2) is 9.13 Å². The van der Waals surface area contributed by atoms with Crippen LogP contribution in [0.5, 0.6) is 0 Å². The van der Waals surface area contributed by atoms with Crippen LogP contribution in [-0.4, -0.2) is 27.2 Å². The molecule has 0 heterocycles. The largest absolute Gasteiger partial charge is 1.00 e. The second-order valence-corrected chi connectivity index (χ2v) is 4.46. The molecule has 0 fully saturated rings. The zero-order valence-corrected chi connectivity index (χ0v) is 10.9. The monoisotopic (exact) mass is 259 g/mol. The molecule has 0 aromatic heterocycles. The second-order valence-electron chi connectivity index (χ2n) is 1.71. The van der Waals surface area contributed by atoms with Gasteiger partial charge in [-0.2, -0.15) is 4.31 Å². The van der Waals surface area contributed by atoms with Crippen molar-refractivity contribution in [1.82, 2.24) is 0 Å². The predicted molar refractivity (Wildman–Crippen MR) is 39.2 cm³/mol. The van der Waals surface area contributed by atoms with Crippen molar-refractivity contribution in [1.29, 1.82) is 0 Å². The van der Waals surface area contributed by atoms with Gasteiger partial charge in [0.1, 0.15) is 0 Å². The van der Waals surface area contributed by atoms with Crippen LogP contribution < -0.4 is 35.3 Å². The summed E-state index contributed by atoms with van der Waals surface area (Å²) in [6.07, 6.45) is 0. The van der Waals surface area contributed by atoms with Gasteiger partial charge in [0.2, 0.25) is 0 Å². The van der Waals surface area contributed by atoms with Crippen LogP contribution in [0.3, 0.4) is 0 Å². The number of rotatable bonds is 4. The number of hydrogen-bond donors (Lipinski definition) is 4. The molecule has 9 nitrogen and oxygen atoms in total. The Morgan fingerprint density at radius 2 is 1.79 bits per heavy atom. The fraction of sp³-hybridized carbons (Fsp3) is 0.500. The van der Waals surface area contributed by atoms with E-state index >= 15 is 0 Å². The zero-order chi connectivity index (χ0) is 10.7. The van der Waals surface area contributed by atoms with Gasteiger partial charge < -0.3 is 21.5 Å². The van der Waals surface area contributed by atoms with E-state index in [1.165, 1.54) is 0 Å². The summed E-state index contributed by atoms with van der Waals surface area (Å²) in [4.78, 5) is 34.9. The van der Waals surface area contributed by atoms with Gasteiger partial charge in [-0.05, 0) is 0 Å². The van der Waals surface area contributed by atoms with Gasteiger partial charge in [-0.1, -0.05) is 0 Å². The summed E-state index contributed by atoms with van der Waals surface area (Å²) in [6, 6.07) is 0. The van der Waals surface area contributed by atoms with Gasteiger partial charge in [0.25, 0.3) is 0 Å². The van der Waals surface area contributed by atoms with Gasteiger partial charge in [-0.3, -0.25) is 9.69 Å². The molecule has 0 aromatic rings. The summed E-state index contributed by atoms with van der Waals surface area (Å²) in [7, 11) is -10.3. The molecule has 0 spiro atoms. The topological polar surface area (TPSA) is 156 Å². The summed E-state index contributed by atoms with van der Waals surface area (Å²) >= 11 is 0. The van der Waals surface area contributed by atoms with Crippen LogP contribution in [-0.2, 0) is 22.8 Å². The molecule has 12 heteroatoms. The molecule has 0 aliphatic heterocycles. The van der Waals surface area contributed by atoms with E-state index in [1.807, 2.05) is 0 Å². The zero-order valence-electron chi connectivity index (χ0n) is 8.06. The van der Waals surface area contributed by atoms with Gasteiger partial charge in [0.15, 0.2) is 0 Å². The quantitative estimate of drug-likeness (QED) is 0.290. The van der Waals surface area contributed by atoms with Crippen LogP contribution in [0.2, 0.25) is 0 Å². The summed E-state index contributed by atoms with van der Waals surface area (Å²) in [5.74, 6) is -1.32. The first-order valence-electron chi connectivity index (χ1n) is 2.68. The number of carbonyl (C=O) groups is 1. The van der Waals surface area contributed by atoms with Crippen LogP contribution in [0.1, 0.15) is 1.43 Å². The standard InChI is InChI=1S/C2H7NO8P2.Na.H/c3-1-2(4)10-13(8,9)11-12(5,6)7;;/h1,3H2,(H,8,9)(H2,5,6,7);;/q;+1;-1. The molecule has 0 aromatic carbocycles. The predicted octanol–water partition coefficient (Wildman–Crippen LogP) is -4.19. The van der Waals surface area contributed by atoms with Crippen LogP contribution in [0.15, 0.2) is 0 Å². The fourth-order valence-corrected chi connectivity index (χ4v) is 1.86. The molecule has 1 atom stereocenters. The van der Waals surface area contributed by atoms with E-state index in [4.69, 9.17) is 14.7 Å². The number of carbonyl (C=O) groups excluding carboxylic acids is 1. The van der Waals surface area contributed by atoms with Crippen molar-refractivity contribution >= 4 is 21.6 Å². The van der Waals surface area contributed by atoms with Crippen molar-refractivity contribution in [3.8, 4) is 0 Å².